The van der Waals surface area contributed by atoms with Gasteiger partial charge in [-0.2, -0.15) is 13.2 Å². The zero-order valence-electron chi connectivity index (χ0n) is 10.2. The summed E-state index contributed by atoms with van der Waals surface area (Å²) in [6.45, 7) is 1.94. The molecule has 7 heteroatoms. The Kier molecular flexibility index (Phi) is 5.69. The average molecular weight is 417 g/mol. The minimum absolute atomic E-state index is 0. The van der Waals surface area contributed by atoms with E-state index in [1.807, 2.05) is 19.4 Å². The van der Waals surface area contributed by atoms with E-state index in [9.17, 15) is 13.2 Å². The van der Waals surface area contributed by atoms with Crippen molar-refractivity contribution in [2.75, 3.05) is 6.26 Å². The highest BCUT2D eigenvalue weighted by Crippen LogP contribution is 2.30. The molecule has 0 radical (unpaired) electrons. The number of thioether (sulfide) groups is 1. The second-order valence-electron chi connectivity index (χ2n) is 3.73. The molecule has 0 bridgehead atoms. The number of hydrogen-bond acceptors (Lipinski definition) is 2. The first-order valence-corrected chi connectivity index (χ1v) is 7.19. The smallest absolute Gasteiger partial charge is 0.416 e. The van der Waals surface area contributed by atoms with Crippen LogP contribution in [0, 0.1) is 6.92 Å². The second kappa shape index (κ2) is 6.45. The van der Waals surface area contributed by atoms with Crippen molar-refractivity contribution in [1.82, 2.24) is 0 Å². The molecule has 0 amide bonds. The van der Waals surface area contributed by atoms with Crippen LogP contribution in [0.3, 0.4) is 0 Å². The van der Waals surface area contributed by atoms with Crippen LogP contribution in [0.5, 0.6) is 0 Å². The summed E-state index contributed by atoms with van der Waals surface area (Å²) in [6, 6.07) is 5.37. The molecular weight excluding hydrogens is 406 g/mol. The highest BCUT2D eigenvalue weighted by molar-refractivity contribution is 8.00. The summed E-state index contributed by atoms with van der Waals surface area (Å²) in [6.07, 6.45) is -0.539. The van der Waals surface area contributed by atoms with Crippen LogP contribution in [0.15, 0.2) is 34.8 Å². The molecule has 1 aromatic carbocycles. The molecule has 1 heterocycles. The third-order valence-electron chi connectivity index (χ3n) is 2.38. The van der Waals surface area contributed by atoms with Gasteiger partial charge < -0.3 is 24.0 Å². The topological polar surface area (TPSA) is 3.88 Å². The number of hydrogen-bond donors (Lipinski definition) is 0. The molecule has 0 saturated carbocycles. The van der Waals surface area contributed by atoms with Crippen LogP contribution < -0.4 is 28.5 Å². The third kappa shape index (κ3) is 3.85. The Labute approximate surface area is 134 Å². The first kappa shape index (κ1) is 16.8. The summed E-state index contributed by atoms with van der Waals surface area (Å²) in [7, 11) is 0. The summed E-state index contributed by atoms with van der Waals surface area (Å²) in [5.41, 5.74) is -0.0815. The Hall–Kier alpha value is -0.280. The summed E-state index contributed by atoms with van der Waals surface area (Å²) in [5, 5.41) is 0. The van der Waals surface area contributed by atoms with Gasteiger partial charge in [-0.05, 0) is 31.0 Å². The van der Waals surface area contributed by atoms with E-state index in [-0.39, 0.29) is 24.0 Å². The number of thiazole rings is 1. The molecule has 0 aliphatic carbocycles. The lowest BCUT2D eigenvalue weighted by atomic mass is 10.2. The van der Waals surface area contributed by atoms with E-state index in [1.54, 1.807) is 22.0 Å². The highest BCUT2D eigenvalue weighted by atomic mass is 127. The van der Waals surface area contributed by atoms with Crippen LogP contribution in [-0.4, -0.2) is 6.26 Å². The van der Waals surface area contributed by atoms with Gasteiger partial charge in [0.05, 0.1) is 10.4 Å². The summed E-state index contributed by atoms with van der Waals surface area (Å²) in [4.78, 5) is 1.07. The van der Waals surface area contributed by atoms with Gasteiger partial charge in [0.1, 0.15) is 0 Å². The fraction of sp³-hybridized carbons (Fsp3) is 0.250. The van der Waals surface area contributed by atoms with Crippen molar-refractivity contribution in [3.05, 3.63) is 40.9 Å². The first-order chi connectivity index (χ1) is 8.41. The van der Waals surface area contributed by atoms with Gasteiger partial charge in [-0.3, -0.25) is 0 Å². The molecule has 0 saturated heterocycles. The van der Waals surface area contributed by atoms with Gasteiger partial charge in [0.25, 0.3) is 0 Å². The lowest BCUT2D eigenvalue weighted by Crippen LogP contribution is -3.00. The highest BCUT2D eigenvalue weighted by Gasteiger charge is 2.32. The van der Waals surface area contributed by atoms with Crippen molar-refractivity contribution in [2.24, 2.45) is 0 Å². The van der Waals surface area contributed by atoms with Gasteiger partial charge >= 0.3 is 10.5 Å². The SMILES string of the molecule is CSc1sc(C)c[n+]1-c1cccc(C(F)(F)F)c1.[I-]. The molecule has 19 heavy (non-hydrogen) atoms. The predicted molar refractivity (Wildman–Crippen MR) is 67.4 cm³/mol. The van der Waals surface area contributed by atoms with Crippen molar-refractivity contribution in [3.63, 3.8) is 0 Å². The third-order valence-corrected chi connectivity index (χ3v) is 4.48. The van der Waals surface area contributed by atoms with Crippen molar-refractivity contribution in [1.29, 1.82) is 0 Å². The van der Waals surface area contributed by atoms with E-state index in [0.29, 0.717) is 5.69 Å². The number of benzene rings is 1. The van der Waals surface area contributed by atoms with Crippen LogP contribution in [0.4, 0.5) is 13.2 Å². The minimum Gasteiger partial charge on any atom is -1.00 e. The number of alkyl halides is 3. The van der Waals surface area contributed by atoms with E-state index in [1.165, 1.54) is 23.9 Å². The molecule has 1 aromatic heterocycles. The number of nitrogens with zero attached hydrogens (tertiary/aromatic N) is 1. The second-order valence-corrected chi connectivity index (χ2v) is 6.02. The fourth-order valence-electron chi connectivity index (χ4n) is 1.60. The molecular formula is C12H11F3INS2. The normalized spacial score (nSPS) is 11.2. The zero-order chi connectivity index (χ0) is 13.3. The van der Waals surface area contributed by atoms with Crippen LogP contribution in [0.25, 0.3) is 5.69 Å². The molecule has 0 unspecified atom stereocenters. The van der Waals surface area contributed by atoms with Gasteiger partial charge in [0.2, 0.25) is 5.69 Å². The molecule has 0 aliphatic heterocycles. The molecule has 1 nitrogen and oxygen atoms in total. The Morgan fingerprint density at radius 3 is 2.53 bits per heavy atom. The van der Waals surface area contributed by atoms with Crippen molar-refractivity contribution >= 4 is 23.1 Å². The van der Waals surface area contributed by atoms with Gasteiger partial charge in [0.15, 0.2) is 6.20 Å². The molecule has 2 rings (SSSR count). The van der Waals surface area contributed by atoms with Crippen molar-refractivity contribution in [2.45, 2.75) is 17.4 Å². The Bertz CT molecular complexity index is 566. The van der Waals surface area contributed by atoms with Crippen LogP contribution in [0.1, 0.15) is 10.4 Å². The number of rotatable bonds is 2. The lowest BCUT2D eigenvalue weighted by molar-refractivity contribution is -0.628. The molecule has 0 N–H and O–H groups in total. The molecule has 0 aliphatic rings. The zero-order valence-corrected chi connectivity index (χ0v) is 14.0. The van der Waals surface area contributed by atoms with E-state index in [4.69, 9.17) is 0 Å². The maximum atomic E-state index is 12.7. The molecule has 0 fully saturated rings. The molecule has 0 spiro atoms. The fourth-order valence-corrected chi connectivity index (χ4v) is 3.37. The van der Waals surface area contributed by atoms with Crippen LogP contribution in [-0.2, 0) is 6.18 Å². The van der Waals surface area contributed by atoms with Crippen molar-refractivity contribution < 1.29 is 41.7 Å². The predicted octanol–water partition coefficient (Wildman–Crippen LogP) is 1.08. The molecule has 0 atom stereocenters. The van der Waals surface area contributed by atoms with Gasteiger partial charge in [-0.1, -0.05) is 17.4 Å². The summed E-state index contributed by atoms with van der Waals surface area (Å²) < 4.78 is 40.7. The minimum atomic E-state index is -4.30. The van der Waals surface area contributed by atoms with Gasteiger partial charge in [-0.25, -0.2) is 0 Å². The quantitative estimate of drug-likeness (QED) is 0.402. The van der Waals surface area contributed by atoms with Gasteiger partial charge in [0, 0.05) is 12.1 Å². The number of aryl methyl sites for hydroxylation is 1. The average Bonchev–Trinajstić information content (AvgIpc) is 2.69. The van der Waals surface area contributed by atoms with Gasteiger partial charge in [-0.15, -0.1) is 4.57 Å². The Morgan fingerprint density at radius 1 is 1.26 bits per heavy atom. The van der Waals surface area contributed by atoms with Crippen LogP contribution in [0.2, 0.25) is 0 Å². The molecule has 104 valence electrons. The maximum Gasteiger partial charge on any atom is 0.416 e. The summed E-state index contributed by atoms with van der Waals surface area (Å²) >= 11 is 3.09. The maximum absolute atomic E-state index is 12.7. The van der Waals surface area contributed by atoms with E-state index < -0.39 is 11.7 Å². The standard InChI is InChI=1S/C12H11F3NS2.HI/c1-8-7-16(11(17-2)18-8)10-5-3-4-9(6-10)12(13,14)15;/h3-7H,1-2H3;1H/q+1;/p-1. The van der Waals surface area contributed by atoms with E-state index in [2.05, 4.69) is 0 Å². The Morgan fingerprint density at radius 2 is 1.95 bits per heavy atom. The monoisotopic (exact) mass is 417 g/mol. The first-order valence-electron chi connectivity index (χ1n) is 5.15. The van der Waals surface area contributed by atoms with E-state index >= 15 is 0 Å². The number of halogens is 4. The molecule has 2 aromatic rings. The number of aromatic nitrogens is 1. The van der Waals surface area contributed by atoms with E-state index in [0.717, 1.165) is 15.3 Å². The van der Waals surface area contributed by atoms with Crippen LogP contribution >= 0.6 is 23.1 Å². The van der Waals surface area contributed by atoms with Crippen molar-refractivity contribution in [3.8, 4) is 5.69 Å². The largest absolute Gasteiger partial charge is 1.00 e. The summed E-state index contributed by atoms with van der Waals surface area (Å²) in [5.74, 6) is 0. The lowest BCUT2D eigenvalue weighted by Gasteiger charge is -2.05. The Balaban J connectivity index is 0.00000180.